The highest BCUT2D eigenvalue weighted by molar-refractivity contribution is 6.06. The predicted octanol–water partition coefficient (Wildman–Crippen LogP) is 4.26. The zero-order valence-electron chi connectivity index (χ0n) is 14.2. The smallest absolute Gasteiger partial charge is 0.259 e. The molecule has 0 aliphatic heterocycles. The SMILES string of the molecule is COc1ccccc1C(=O)Nc1ccc2cc(-c3cccnc3)cn2c1. The number of fused-ring (bicyclic) bond motifs is 1. The van der Waals surface area contributed by atoms with Gasteiger partial charge >= 0.3 is 0 Å². The van der Waals surface area contributed by atoms with Crippen LogP contribution in [0.15, 0.2) is 79.4 Å². The third-order valence-electron chi connectivity index (χ3n) is 4.20. The lowest BCUT2D eigenvalue weighted by Gasteiger charge is -2.09. The molecule has 4 rings (SSSR count). The van der Waals surface area contributed by atoms with Crippen LogP contribution in [-0.4, -0.2) is 22.4 Å². The van der Waals surface area contributed by atoms with E-state index in [1.165, 1.54) is 0 Å². The molecule has 0 saturated carbocycles. The first-order valence-corrected chi connectivity index (χ1v) is 8.21. The number of nitrogens with one attached hydrogen (secondary N) is 1. The monoisotopic (exact) mass is 343 g/mol. The molecule has 1 N–H and O–H groups in total. The Balaban J connectivity index is 1.62. The second-order valence-corrected chi connectivity index (χ2v) is 5.87. The van der Waals surface area contributed by atoms with Crippen molar-refractivity contribution in [3.63, 3.8) is 0 Å². The summed E-state index contributed by atoms with van der Waals surface area (Å²) in [5.41, 5.74) is 4.38. The third-order valence-corrected chi connectivity index (χ3v) is 4.20. The van der Waals surface area contributed by atoms with E-state index in [0.29, 0.717) is 17.0 Å². The number of aromatic nitrogens is 2. The van der Waals surface area contributed by atoms with Crippen molar-refractivity contribution in [3.05, 3.63) is 84.9 Å². The Kier molecular flexibility index (Phi) is 4.11. The number of pyridine rings is 2. The lowest BCUT2D eigenvalue weighted by Crippen LogP contribution is -2.13. The number of para-hydroxylation sites is 1. The Morgan fingerprint density at radius 1 is 1.04 bits per heavy atom. The summed E-state index contributed by atoms with van der Waals surface area (Å²) in [7, 11) is 1.55. The number of benzene rings is 1. The minimum atomic E-state index is -0.207. The third kappa shape index (κ3) is 3.02. The van der Waals surface area contributed by atoms with E-state index in [1.807, 2.05) is 59.4 Å². The molecule has 5 heteroatoms. The van der Waals surface area contributed by atoms with Gasteiger partial charge in [-0.1, -0.05) is 18.2 Å². The van der Waals surface area contributed by atoms with Crippen molar-refractivity contribution in [1.29, 1.82) is 0 Å². The standard InChI is InChI=1S/C21H17N3O2/c1-26-20-7-3-2-6-19(20)21(25)23-17-8-9-18-11-16(13-24(18)14-17)15-5-4-10-22-12-15/h2-14H,1H3,(H,23,25). The van der Waals surface area contributed by atoms with E-state index >= 15 is 0 Å². The molecule has 4 aromatic rings. The number of methoxy groups -OCH3 is 1. The highest BCUT2D eigenvalue weighted by Crippen LogP contribution is 2.24. The molecule has 0 unspecified atom stereocenters. The van der Waals surface area contributed by atoms with E-state index < -0.39 is 0 Å². The van der Waals surface area contributed by atoms with Gasteiger partial charge in [0, 0.05) is 41.4 Å². The maximum absolute atomic E-state index is 12.5. The van der Waals surface area contributed by atoms with Gasteiger partial charge in [0.2, 0.25) is 0 Å². The van der Waals surface area contributed by atoms with Gasteiger partial charge in [-0.2, -0.15) is 0 Å². The molecule has 0 radical (unpaired) electrons. The number of anilines is 1. The van der Waals surface area contributed by atoms with Crippen LogP contribution in [0, 0.1) is 0 Å². The molecular weight excluding hydrogens is 326 g/mol. The Bertz CT molecular complexity index is 1070. The number of carbonyl (C=O) groups is 1. The largest absolute Gasteiger partial charge is 0.496 e. The summed E-state index contributed by atoms with van der Waals surface area (Å²) < 4.78 is 7.24. The lowest BCUT2D eigenvalue weighted by molar-refractivity contribution is 0.102. The maximum atomic E-state index is 12.5. The lowest BCUT2D eigenvalue weighted by atomic mass is 10.1. The maximum Gasteiger partial charge on any atom is 0.259 e. The highest BCUT2D eigenvalue weighted by Gasteiger charge is 2.12. The van der Waals surface area contributed by atoms with Gasteiger partial charge in [-0.25, -0.2) is 0 Å². The van der Waals surface area contributed by atoms with Gasteiger partial charge in [0.1, 0.15) is 5.75 Å². The Labute approximate surface area is 150 Å². The van der Waals surface area contributed by atoms with E-state index in [1.54, 1.807) is 25.4 Å². The van der Waals surface area contributed by atoms with Crippen molar-refractivity contribution in [1.82, 2.24) is 9.38 Å². The average molecular weight is 343 g/mol. The summed E-state index contributed by atoms with van der Waals surface area (Å²) in [4.78, 5) is 16.7. The fourth-order valence-corrected chi connectivity index (χ4v) is 2.91. The van der Waals surface area contributed by atoms with Crippen LogP contribution < -0.4 is 10.1 Å². The van der Waals surface area contributed by atoms with Crippen LogP contribution in [0.1, 0.15) is 10.4 Å². The van der Waals surface area contributed by atoms with E-state index in [4.69, 9.17) is 4.74 Å². The molecule has 3 aromatic heterocycles. The van der Waals surface area contributed by atoms with Crippen molar-refractivity contribution >= 4 is 17.1 Å². The molecule has 0 saturated heterocycles. The summed E-state index contributed by atoms with van der Waals surface area (Å²) >= 11 is 0. The molecular formula is C21H17N3O2. The Morgan fingerprint density at radius 3 is 2.73 bits per heavy atom. The van der Waals surface area contributed by atoms with Crippen molar-refractivity contribution < 1.29 is 9.53 Å². The van der Waals surface area contributed by atoms with Crippen LogP contribution >= 0.6 is 0 Å². The summed E-state index contributed by atoms with van der Waals surface area (Å²) in [6, 6.07) is 17.0. The van der Waals surface area contributed by atoms with E-state index in [0.717, 1.165) is 16.6 Å². The van der Waals surface area contributed by atoms with Gasteiger partial charge in [-0.15, -0.1) is 0 Å². The topological polar surface area (TPSA) is 55.6 Å². The Hall–Kier alpha value is -3.60. The zero-order valence-corrected chi connectivity index (χ0v) is 14.2. The van der Waals surface area contributed by atoms with E-state index in [2.05, 4.69) is 16.4 Å². The number of nitrogens with zero attached hydrogens (tertiary/aromatic N) is 2. The molecule has 0 fully saturated rings. The minimum Gasteiger partial charge on any atom is -0.496 e. The van der Waals surface area contributed by atoms with Gasteiger partial charge in [0.25, 0.3) is 5.91 Å². The van der Waals surface area contributed by atoms with Crippen LogP contribution in [0.3, 0.4) is 0 Å². The van der Waals surface area contributed by atoms with Gasteiger partial charge in [0.05, 0.1) is 18.4 Å². The molecule has 26 heavy (non-hydrogen) atoms. The van der Waals surface area contributed by atoms with E-state index in [9.17, 15) is 4.79 Å². The number of ether oxygens (including phenoxy) is 1. The van der Waals surface area contributed by atoms with E-state index in [-0.39, 0.29) is 5.91 Å². The summed E-state index contributed by atoms with van der Waals surface area (Å²) in [6.07, 6.45) is 7.50. The first kappa shape index (κ1) is 15.9. The fraction of sp³-hybridized carbons (Fsp3) is 0.0476. The van der Waals surface area contributed by atoms with Crippen LogP contribution in [-0.2, 0) is 0 Å². The van der Waals surface area contributed by atoms with Gasteiger partial charge in [-0.3, -0.25) is 9.78 Å². The summed E-state index contributed by atoms with van der Waals surface area (Å²) in [6.45, 7) is 0. The molecule has 0 atom stereocenters. The first-order chi connectivity index (χ1) is 12.7. The normalized spacial score (nSPS) is 10.7. The minimum absolute atomic E-state index is 0.207. The molecule has 0 bridgehead atoms. The molecule has 0 aliphatic rings. The number of carbonyl (C=O) groups excluding carboxylic acids is 1. The number of rotatable bonds is 4. The summed E-state index contributed by atoms with van der Waals surface area (Å²) in [5.74, 6) is 0.340. The second-order valence-electron chi connectivity index (χ2n) is 5.87. The Morgan fingerprint density at radius 2 is 1.92 bits per heavy atom. The quantitative estimate of drug-likeness (QED) is 0.602. The highest BCUT2D eigenvalue weighted by atomic mass is 16.5. The molecule has 1 amide bonds. The molecule has 0 spiro atoms. The van der Waals surface area contributed by atoms with Crippen LogP contribution in [0.25, 0.3) is 16.6 Å². The fourth-order valence-electron chi connectivity index (χ4n) is 2.91. The van der Waals surface area contributed by atoms with Crippen LogP contribution in [0.2, 0.25) is 0 Å². The number of hydrogen-bond donors (Lipinski definition) is 1. The number of hydrogen-bond acceptors (Lipinski definition) is 3. The molecule has 3 heterocycles. The second kappa shape index (κ2) is 6.72. The van der Waals surface area contributed by atoms with Gasteiger partial charge < -0.3 is 14.5 Å². The first-order valence-electron chi connectivity index (χ1n) is 8.21. The predicted molar refractivity (Wildman–Crippen MR) is 102 cm³/mol. The van der Waals surface area contributed by atoms with Gasteiger partial charge in [-0.05, 0) is 36.4 Å². The van der Waals surface area contributed by atoms with Crippen molar-refractivity contribution in [2.24, 2.45) is 0 Å². The van der Waals surface area contributed by atoms with Crippen molar-refractivity contribution in [2.75, 3.05) is 12.4 Å². The van der Waals surface area contributed by atoms with Crippen molar-refractivity contribution in [3.8, 4) is 16.9 Å². The number of amides is 1. The van der Waals surface area contributed by atoms with Crippen LogP contribution in [0.5, 0.6) is 5.75 Å². The molecule has 0 aliphatic carbocycles. The van der Waals surface area contributed by atoms with Gasteiger partial charge in [0.15, 0.2) is 0 Å². The molecule has 1 aromatic carbocycles. The summed E-state index contributed by atoms with van der Waals surface area (Å²) in [5, 5.41) is 2.92. The average Bonchev–Trinajstić information content (AvgIpc) is 3.12. The van der Waals surface area contributed by atoms with Crippen LogP contribution in [0.4, 0.5) is 5.69 Å². The molecule has 128 valence electrons. The zero-order chi connectivity index (χ0) is 17.9. The van der Waals surface area contributed by atoms with Crippen molar-refractivity contribution in [2.45, 2.75) is 0 Å². The molecule has 5 nitrogen and oxygen atoms in total.